The Morgan fingerprint density at radius 2 is 1.81 bits per heavy atom. The van der Waals surface area contributed by atoms with Crippen molar-refractivity contribution in [2.75, 3.05) is 18.5 Å². The molecular weight excluding hydrogens is 494 g/mol. The zero-order valence-corrected chi connectivity index (χ0v) is 21.3. The van der Waals surface area contributed by atoms with Crippen molar-refractivity contribution in [2.24, 2.45) is 11.8 Å². The van der Waals surface area contributed by atoms with Crippen molar-refractivity contribution in [3.63, 3.8) is 0 Å². The van der Waals surface area contributed by atoms with Crippen LogP contribution in [0.1, 0.15) is 37.7 Å². The molecular formula is C28H32ClN3O5. The zero-order chi connectivity index (χ0) is 26.0. The molecule has 2 unspecified atom stereocenters. The Morgan fingerprint density at radius 3 is 2.54 bits per heavy atom. The average molecular weight is 526 g/mol. The highest BCUT2D eigenvalue weighted by Gasteiger charge is 2.74. The molecule has 9 heteroatoms. The Labute approximate surface area is 221 Å². The smallest absolute Gasteiger partial charge is 0.250 e. The van der Waals surface area contributed by atoms with Gasteiger partial charge in [-0.05, 0) is 61.9 Å². The first kappa shape index (κ1) is 25.7. The quantitative estimate of drug-likeness (QED) is 0.413. The molecule has 3 fully saturated rings. The van der Waals surface area contributed by atoms with E-state index in [4.69, 9.17) is 21.4 Å². The first-order chi connectivity index (χ1) is 17.9. The summed E-state index contributed by atoms with van der Waals surface area (Å²) in [5.41, 5.74) is 0.508. The van der Waals surface area contributed by atoms with E-state index in [2.05, 4.69) is 10.6 Å². The zero-order valence-electron chi connectivity index (χ0n) is 20.6. The summed E-state index contributed by atoms with van der Waals surface area (Å²) in [5.74, 6) is -2.10. The number of likely N-dealkylation sites (tertiary alicyclic amines) is 1. The summed E-state index contributed by atoms with van der Waals surface area (Å²) in [6.07, 6.45) is 2.77. The summed E-state index contributed by atoms with van der Waals surface area (Å²) in [4.78, 5) is 42.6. The Kier molecular flexibility index (Phi) is 7.51. The number of aliphatic hydroxyl groups is 1. The van der Waals surface area contributed by atoms with E-state index in [0.29, 0.717) is 49.5 Å². The molecule has 2 aromatic carbocycles. The van der Waals surface area contributed by atoms with Gasteiger partial charge in [-0.1, -0.05) is 41.9 Å². The fraction of sp³-hybridized carbons (Fsp3) is 0.464. The van der Waals surface area contributed by atoms with Gasteiger partial charge in [0.15, 0.2) is 0 Å². The Balaban J connectivity index is 1.39. The van der Waals surface area contributed by atoms with Crippen molar-refractivity contribution in [1.82, 2.24) is 10.2 Å². The van der Waals surface area contributed by atoms with Crippen LogP contribution in [-0.4, -0.2) is 58.6 Å². The van der Waals surface area contributed by atoms with Gasteiger partial charge < -0.3 is 25.4 Å². The van der Waals surface area contributed by atoms with Crippen LogP contribution in [0, 0.1) is 11.8 Å². The number of unbranched alkanes of at least 4 members (excludes halogenated alkanes) is 2. The van der Waals surface area contributed by atoms with Crippen LogP contribution in [0.4, 0.5) is 5.69 Å². The Bertz CT molecular complexity index is 1140. The van der Waals surface area contributed by atoms with Crippen LogP contribution < -0.4 is 10.6 Å². The molecule has 3 amide bonds. The predicted molar refractivity (Wildman–Crippen MR) is 139 cm³/mol. The highest BCUT2D eigenvalue weighted by Crippen LogP contribution is 2.58. The summed E-state index contributed by atoms with van der Waals surface area (Å²) >= 11 is 5.99. The maximum Gasteiger partial charge on any atom is 0.250 e. The number of carbonyl (C=O) groups is 3. The summed E-state index contributed by atoms with van der Waals surface area (Å²) < 4.78 is 6.44. The average Bonchev–Trinajstić information content (AvgIpc) is 3.54. The number of anilines is 1. The minimum atomic E-state index is -1.04. The van der Waals surface area contributed by atoms with Crippen molar-refractivity contribution in [3.05, 3.63) is 65.2 Å². The number of ether oxygens (including phenoxy) is 1. The standard InChI is InChI=1S/C28H32ClN3O5/c29-19-9-11-20(12-10-19)31-26(35)24-28-14-13-21(37-28)22(25(34)30-17-18-7-3-1-4-8-18)23(28)27(36)32(24)15-5-2-6-16-33/h1,3-4,7-12,21-24,33H,2,5-6,13-17H2,(H,30,34)(H,31,35)/t21-,22+,23-,24?,28?/m0/s1. The van der Waals surface area contributed by atoms with Crippen LogP contribution in [0.5, 0.6) is 0 Å². The third kappa shape index (κ3) is 4.85. The second-order valence-electron chi connectivity index (χ2n) is 10.1. The number of carbonyl (C=O) groups excluding carboxylic acids is 3. The maximum absolute atomic E-state index is 13.9. The molecule has 2 bridgehead atoms. The van der Waals surface area contributed by atoms with E-state index in [1.807, 2.05) is 30.3 Å². The molecule has 0 aliphatic carbocycles. The third-order valence-electron chi connectivity index (χ3n) is 7.83. The lowest BCUT2D eigenvalue weighted by molar-refractivity contribution is -0.141. The topological polar surface area (TPSA) is 108 Å². The van der Waals surface area contributed by atoms with E-state index >= 15 is 0 Å². The molecule has 8 nitrogen and oxygen atoms in total. The molecule has 3 N–H and O–H groups in total. The number of benzene rings is 2. The molecule has 3 aliphatic rings. The lowest BCUT2D eigenvalue weighted by Crippen LogP contribution is -2.53. The minimum Gasteiger partial charge on any atom is -0.396 e. The number of nitrogens with one attached hydrogen (secondary N) is 2. The molecule has 196 valence electrons. The lowest BCUT2D eigenvalue weighted by Gasteiger charge is -2.33. The van der Waals surface area contributed by atoms with Crippen LogP contribution in [0.3, 0.4) is 0 Å². The molecule has 3 heterocycles. The number of halogens is 1. The van der Waals surface area contributed by atoms with Gasteiger partial charge in [0.05, 0.1) is 17.9 Å². The van der Waals surface area contributed by atoms with Gasteiger partial charge in [-0.25, -0.2) is 0 Å². The van der Waals surface area contributed by atoms with Gasteiger partial charge in [-0.3, -0.25) is 14.4 Å². The van der Waals surface area contributed by atoms with Crippen LogP contribution in [-0.2, 0) is 25.7 Å². The molecule has 1 spiro atoms. The van der Waals surface area contributed by atoms with Gasteiger partial charge >= 0.3 is 0 Å². The van der Waals surface area contributed by atoms with Crippen molar-refractivity contribution in [1.29, 1.82) is 0 Å². The summed E-state index contributed by atoms with van der Waals surface area (Å²) in [5, 5.41) is 15.6. The second kappa shape index (κ2) is 10.8. The van der Waals surface area contributed by atoms with Gasteiger partial charge in [0.25, 0.3) is 0 Å². The fourth-order valence-electron chi connectivity index (χ4n) is 6.21. The van der Waals surface area contributed by atoms with Gasteiger partial charge in [-0.15, -0.1) is 0 Å². The van der Waals surface area contributed by atoms with Crippen molar-refractivity contribution in [3.8, 4) is 0 Å². The molecule has 3 saturated heterocycles. The first-order valence-corrected chi connectivity index (χ1v) is 13.3. The van der Waals surface area contributed by atoms with Crippen LogP contribution in [0.15, 0.2) is 54.6 Å². The van der Waals surface area contributed by atoms with Gasteiger partial charge in [0.2, 0.25) is 17.7 Å². The number of hydrogen-bond acceptors (Lipinski definition) is 5. The third-order valence-corrected chi connectivity index (χ3v) is 8.08. The number of fused-ring (bicyclic) bond motifs is 1. The molecule has 0 radical (unpaired) electrons. The van der Waals surface area contributed by atoms with E-state index < -0.39 is 29.6 Å². The SMILES string of the molecule is O=C(Nc1ccc(Cl)cc1)C1N(CCCCCO)C(=O)[C@@H]2[C@H](C(=O)NCc3ccccc3)[C@@H]3CCC12O3. The molecule has 5 rings (SSSR count). The molecule has 2 aromatic rings. The molecule has 5 atom stereocenters. The molecule has 3 aliphatic heterocycles. The van der Waals surface area contributed by atoms with Gasteiger partial charge in [0.1, 0.15) is 11.6 Å². The van der Waals surface area contributed by atoms with Gasteiger partial charge in [0, 0.05) is 30.4 Å². The Morgan fingerprint density at radius 1 is 1.05 bits per heavy atom. The van der Waals surface area contributed by atoms with E-state index in [0.717, 1.165) is 12.0 Å². The minimum absolute atomic E-state index is 0.0788. The van der Waals surface area contributed by atoms with Crippen LogP contribution in [0.25, 0.3) is 0 Å². The molecule has 0 aromatic heterocycles. The monoisotopic (exact) mass is 525 g/mol. The van der Waals surface area contributed by atoms with Crippen molar-refractivity contribution < 1.29 is 24.2 Å². The van der Waals surface area contributed by atoms with E-state index in [1.165, 1.54) is 0 Å². The summed E-state index contributed by atoms with van der Waals surface area (Å²) in [6.45, 7) is 0.805. The largest absolute Gasteiger partial charge is 0.396 e. The summed E-state index contributed by atoms with van der Waals surface area (Å²) in [7, 11) is 0. The highest BCUT2D eigenvalue weighted by molar-refractivity contribution is 6.30. The number of rotatable bonds is 10. The van der Waals surface area contributed by atoms with Crippen LogP contribution >= 0.6 is 11.6 Å². The van der Waals surface area contributed by atoms with Crippen LogP contribution in [0.2, 0.25) is 5.02 Å². The van der Waals surface area contributed by atoms with Crippen molar-refractivity contribution in [2.45, 2.75) is 56.4 Å². The first-order valence-electron chi connectivity index (χ1n) is 12.9. The van der Waals surface area contributed by atoms with E-state index in [9.17, 15) is 14.4 Å². The molecule has 37 heavy (non-hydrogen) atoms. The number of hydrogen-bond donors (Lipinski definition) is 3. The summed E-state index contributed by atoms with van der Waals surface area (Å²) in [6, 6.07) is 15.6. The molecule has 0 saturated carbocycles. The number of nitrogens with zero attached hydrogens (tertiary/aromatic N) is 1. The number of aliphatic hydroxyl groups excluding tert-OH is 1. The lowest BCUT2D eigenvalue weighted by atomic mass is 9.70. The number of amides is 3. The predicted octanol–water partition coefficient (Wildman–Crippen LogP) is 3.13. The van der Waals surface area contributed by atoms with Gasteiger partial charge in [-0.2, -0.15) is 0 Å². The van der Waals surface area contributed by atoms with Crippen molar-refractivity contribution >= 4 is 35.0 Å². The normalized spacial score (nSPS) is 27.8. The fourth-order valence-corrected chi connectivity index (χ4v) is 6.34. The Hall–Kier alpha value is -2.94. The second-order valence-corrected chi connectivity index (χ2v) is 10.5. The maximum atomic E-state index is 13.9. The van der Waals surface area contributed by atoms with E-state index in [-0.39, 0.29) is 24.3 Å². The van der Waals surface area contributed by atoms with E-state index in [1.54, 1.807) is 29.2 Å². The highest BCUT2D eigenvalue weighted by atomic mass is 35.5.